The van der Waals surface area contributed by atoms with Gasteiger partial charge in [0, 0.05) is 25.3 Å². The van der Waals surface area contributed by atoms with E-state index in [1.165, 1.54) is 0 Å². The summed E-state index contributed by atoms with van der Waals surface area (Å²) in [6.45, 7) is 1.37. The van der Waals surface area contributed by atoms with Crippen molar-refractivity contribution in [1.82, 2.24) is 10.1 Å². The maximum atomic E-state index is 13.2. The van der Waals surface area contributed by atoms with Crippen LogP contribution in [0.15, 0.2) is 16.7 Å². The number of aromatic nitrogens is 2. The number of nitrogens with zero attached hydrogens (tertiary/aromatic N) is 2. The second-order valence-electron chi connectivity index (χ2n) is 4.22. The lowest BCUT2D eigenvalue weighted by Gasteiger charge is -2.01. The Balaban J connectivity index is 2.01. The fourth-order valence-corrected chi connectivity index (χ4v) is 1.62. The molecule has 0 spiro atoms. The molecule has 1 aromatic carbocycles. The van der Waals surface area contributed by atoms with Crippen molar-refractivity contribution in [2.75, 3.05) is 32.7 Å². The Bertz CT molecular complexity index is 604. The molecule has 2 N–H and O–H groups in total. The van der Waals surface area contributed by atoms with Gasteiger partial charge in [0.1, 0.15) is 0 Å². The summed E-state index contributed by atoms with van der Waals surface area (Å²) in [6, 6.07) is 1.81. The minimum Gasteiger partial charge on any atom is -0.398 e. The number of nitrogen functional groups attached to an aromatic ring is 1. The summed E-state index contributed by atoms with van der Waals surface area (Å²) in [5.74, 6) is -1.62. The molecule has 6 nitrogen and oxygen atoms in total. The molecule has 2 rings (SSSR count). The first kappa shape index (κ1) is 15.3. The number of halogens is 2. The van der Waals surface area contributed by atoms with Gasteiger partial charge in [-0.2, -0.15) is 4.98 Å². The van der Waals surface area contributed by atoms with Gasteiger partial charge < -0.3 is 19.7 Å². The summed E-state index contributed by atoms with van der Waals surface area (Å²) >= 11 is 0. The molecule has 0 unspecified atom stereocenters. The van der Waals surface area contributed by atoms with E-state index < -0.39 is 11.6 Å². The fraction of sp³-hybridized carbons (Fsp3) is 0.385. The topological polar surface area (TPSA) is 83.4 Å². The third-order valence-corrected chi connectivity index (χ3v) is 2.69. The highest BCUT2D eigenvalue weighted by atomic mass is 19.2. The number of ether oxygens (including phenoxy) is 2. The minimum atomic E-state index is -1.03. The molecule has 0 saturated carbocycles. The summed E-state index contributed by atoms with van der Waals surface area (Å²) in [4.78, 5) is 4.07. The molecule has 21 heavy (non-hydrogen) atoms. The maximum absolute atomic E-state index is 13.2. The van der Waals surface area contributed by atoms with Gasteiger partial charge in [0.05, 0.1) is 25.4 Å². The quantitative estimate of drug-likeness (QED) is 0.620. The van der Waals surface area contributed by atoms with Crippen molar-refractivity contribution in [2.45, 2.75) is 6.42 Å². The molecule has 0 aliphatic carbocycles. The van der Waals surface area contributed by atoms with Gasteiger partial charge in [0.25, 0.3) is 5.89 Å². The summed E-state index contributed by atoms with van der Waals surface area (Å²) in [5.41, 5.74) is 5.80. The summed E-state index contributed by atoms with van der Waals surface area (Å²) in [5, 5.41) is 3.73. The van der Waals surface area contributed by atoms with Crippen LogP contribution in [0.3, 0.4) is 0 Å². The van der Waals surface area contributed by atoms with Crippen molar-refractivity contribution in [3.8, 4) is 11.5 Å². The molecule has 2 aromatic rings. The number of rotatable bonds is 7. The van der Waals surface area contributed by atoms with E-state index in [9.17, 15) is 8.78 Å². The Morgan fingerprint density at radius 2 is 1.95 bits per heavy atom. The van der Waals surface area contributed by atoms with Gasteiger partial charge in [-0.1, -0.05) is 5.16 Å². The number of methoxy groups -OCH3 is 1. The first-order chi connectivity index (χ1) is 10.1. The van der Waals surface area contributed by atoms with Gasteiger partial charge >= 0.3 is 0 Å². The van der Waals surface area contributed by atoms with E-state index in [1.807, 2.05) is 0 Å². The maximum Gasteiger partial charge on any atom is 0.260 e. The highest BCUT2D eigenvalue weighted by Gasteiger charge is 2.15. The van der Waals surface area contributed by atoms with E-state index in [2.05, 4.69) is 10.1 Å². The van der Waals surface area contributed by atoms with Crippen LogP contribution in [0.1, 0.15) is 5.82 Å². The van der Waals surface area contributed by atoms with E-state index >= 15 is 0 Å². The minimum absolute atomic E-state index is 0.0282. The van der Waals surface area contributed by atoms with Gasteiger partial charge in [-0.3, -0.25) is 0 Å². The molecule has 0 bridgehead atoms. The van der Waals surface area contributed by atoms with Crippen LogP contribution in [0, 0.1) is 11.6 Å². The standard InChI is InChI=1S/C13H15F2N3O3/c1-19-4-5-20-3-2-12-17-13(21-18-12)8-6-9(14)10(15)7-11(8)16/h6-7H,2-5,16H2,1H3. The highest BCUT2D eigenvalue weighted by molar-refractivity contribution is 5.70. The lowest BCUT2D eigenvalue weighted by molar-refractivity contribution is 0.0714. The molecule has 0 aliphatic rings. The average Bonchev–Trinajstić information content (AvgIpc) is 2.91. The van der Waals surface area contributed by atoms with Crippen LogP contribution in [0.5, 0.6) is 0 Å². The molecule has 0 aliphatic heterocycles. The lowest BCUT2D eigenvalue weighted by Crippen LogP contribution is -2.05. The van der Waals surface area contributed by atoms with Crippen LogP contribution >= 0.6 is 0 Å². The van der Waals surface area contributed by atoms with Crippen molar-refractivity contribution in [1.29, 1.82) is 0 Å². The van der Waals surface area contributed by atoms with Crippen LogP contribution in [0.25, 0.3) is 11.5 Å². The van der Waals surface area contributed by atoms with E-state index in [1.54, 1.807) is 7.11 Å². The molecule has 8 heteroatoms. The summed E-state index contributed by atoms with van der Waals surface area (Å²) < 4.78 is 41.3. The van der Waals surface area contributed by atoms with E-state index in [0.717, 1.165) is 12.1 Å². The molecule has 0 atom stereocenters. The lowest BCUT2D eigenvalue weighted by atomic mass is 10.1. The molecular formula is C13H15F2N3O3. The van der Waals surface area contributed by atoms with Gasteiger partial charge in [0.15, 0.2) is 17.5 Å². The fourth-order valence-electron chi connectivity index (χ4n) is 1.62. The third-order valence-electron chi connectivity index (χ3n) is 2.69. The normalized spacial score (nSPS) is 11.0. The van der Waals surface area contributed by atoms with Crippen molar-refractivity contribution in [3.05, 3.63) is 29.6 Å². The zero-order valence-electron chi connectivity index (χ0n) is 11.4. The van der Waals surface area contributed by atoms with E-state index in [4.69, 9.17) is 19.7 Å². The number of hydrogen-bond donors (Lipinski definition) is 1. The van der Waals surface area contributed by atoms with Crippen LogP contribution in [-0.4, -0.2) is 37.1 Å². The first-order valence-corrected chi connectivity index (χ1v) is 6.26. The average molecular weight is 299 g/mol. The van der Waals surface area contributed by atoms with Gasteiger partial charge in [-0.05, 0) is 6.07 Å². The Hall–Kier alpha value is -2.06. The monoisotopic (exact) mass is 299 g/mol. The Kier molecular flexibility index (Phi) is 5.18. The smallest absolute Gasteiger partial charge is 0.260 e. The summed E-state index contributed by atoms with van der Waals surface area (Å²) in [6.07, 6.45) is 0.427. The predicted octanol–water partition coefficient (Wildman–Crippen LogP) is 1.80. The van der Waals surface area contributed by atoms with Crippen LogP contribution < -0.4 is 5.73 Å². The Morgan fingerprint density at radius 3 is 2.71 bits per heavy atom. The molecule has 0 saturated heterocycles. The number of hydrogen-bond acceptors (Lipinski definition) is 6. The van der Waals surface area contributed by atoms with E-state index in [-0.39, 0.29) is 17.1 Å². The molecule has 0 fully saturated rings. The first-order valence-electron chi connectivity index (χ1n) is 6.26. The highest BCUT2D eigenvalue weighted by Crippen LogP contribution is 2.26. The zero-order valence-corrected chi connectivity index (χ0v) is 11.4. The van der Waals surface area contributed by atoms with Crippen LogP contribution in [-0.2, 0) is 15.9 Å². The second kappa shape index (κ2) is 7.09. The molecule has 0 radical (unpaired) electrons. The molecule has 114 valence electrons. The third kappa shape index (κ3) is 3.96. The van der Waals surface area contributed by atoms with Crippen molar-refractivity contribution in [2.24, 2.45) is 0 Å². The van der Waals surface area contributed by atoms with Crippen LogP contribution in [0.4, 0.5) is 14.5 Å². The Morgan fingerprint density at radius 1 is 1.19 bits per heavy atom. The van der Waals surface area contributed by atoms with Gasteiger partial charge in [-0.25, -0.2) is 8.78 Å². The molecule has 0 amide bonds. The molecular weight excluding hydrogens is 284 g/mol. The van der Waals surface area contributed by atoms with Crippen molar-refractivity contribution < 1.29 is 22.8 Å². The van der Waals surface area contributed by atoms with Gasteiger partial charge in [0.2, 0.25) is 0 Å². The van der Waals surface area contributed by atoms with Gasteiger partial charge in [-0.15, -0.1) is 0 Å². The summed E-state index contributed by atoms with van der Waals surface area (Å²) in [7, 11) is 1.58. The number of nitrogens with two attached hydrogens (primary N) is 1. The molecule has 1 heterocycles. The van der Waals surface area contributed by atoms with Crippen LogP contribution in [0.2, 0.25) is 0 Å². The largest absolute Gasteiger partial charge is 0.398 e. The van der Waals surface area contributed by atoms with E-state index in [0.29, 0.717) is 32.1 Å². The van der Waals surface area contributed by atoms with Crippen molar-refractivity contribution >= 4 is 5.69 Å². The predicted molar refractivity (Wildman–Crippen MR) is 70.5 cm³/mol. The molecule has 1 aromatic heterocycles. The zero-order chi connectivity index (χ0) is 15.2. The second-order valence-corrected chi connectivity index (χ2v) is 4.22. The van der Waals surface area contributed by atoms with Crippen molar-refractivity contribution in [3.63, 3.8) is 0 Å². The number of benzene rings is 1. The number of anilines is 1. The Labute approximate surface area is 119 Å². The SMILES string of the molecule is COCCOCCc1noc(-c2cc(F)c(F)cc2N)n1.